The molecule has 0 unspecified atom stereocenters. The number of anilines is 2. The van der Waals surface area contributed by atoms with Crippen molar-refractivity contribution in [2.45, 2.75) is 31.0 Å². The Bertz CT molecular complexity index is 1000. The maximum atomic E-state index is 14.0. The second-order valence-electron chi connectivity index (χ2n) is 7.08. The van der Waals surface area contributed by atoms with E-state index in [1.807, 2.05) is 11.4 Å². The van der Waals surface area contributed by atoms with Crippen molar-refractivity contribution in [1.29, 1.82) is 0 Å². The molecule has 0 radical (unpaired) electrons. The number of halogens is 3. The van der Waals surface area contributed by atoms with Gasteiger partial charge in [0.2, 0.25) is 5.54 Å². The maximum absolute atomic E-state index is 14.0. The normalized spacial score (nSPS) is 21.0. The lowest BCUT2D eigenvalue weighted by molar-refractivity contribution is -0.360. The van der Waals surface area contributed by atoms with Gasteiger partial charge in [-0.15, -0.1) is 0 Å². The topological polar surface area (TPSA) is 81.3 Å². The summed E-state index contributed by atoms with van der Waals surface area (Å²) in [6, 6.07) is 7.21. The molecule has 0 spiro atoms. The van der Waals surface area contributed by atoms with Crippen molar-refractivity contribution < 1.29 is 22.9 Å². The molecule has 2 amide bonds. The van der Waals surface area contributed by atoms with Crippen molar-refractivity contribution in [2.75, 3.05) is 11.1 Å². The Hall–Kier alpha value is -3.21. The second-order valence-corrected chi connectivity index (χ2v) is 7.08. The number of alkyl halides is 3. The summed E-state index contributed by atoms with van der Waals surface area (Å²) in [5, 5.41) is 4.50. The predicted molar refractivity (Wildman–Crippen MR) is 97.0 cm³/mol. The number of hydrogen-bond donors (Lipinski definition) is 3. The minimum atomic E-state index is -4.76. The van der Waals surface area contributed by atoms with E-state index in [-0.39, 0.29) is 17.2 Å². The van der Waals surface area contributed by atoms with Crippen molar-refractivity contribution >= 4 is 17.5 Å². The summed E-state index contributed by atoms with van der Waals surface area (Å²) < 4.78 is 42.1. The number of hydrogen-bond acceptors (Lipinski definition) is 2. The number of nitrogens with two attached hydrogens (primary N) is 1. The Balaban J connectivity index is 1.76. The van der Waals surface area contributed by atoms with E-state index in [9.17, 15) is 18.0 Å². The number of nitrogen functional groups attached to an aromatic ring is 1. The molecule has 0 saturated heterocycles. The zero-order chi connectivity index (χ0) is 19.9. The zero-order valence-corrected chi connectivity index (χ0v) is 14.8. The lowest BCUT2D eigenvalue weighted by atomic mass is 9.85. The highest BCUT2D eigenvalue weighted by atomic mass is 19.4. The number of urea groups is 1. The molecule has 2 aromatic rings. The number of aromatic amines is 1. The Labute approximate surface area is 159 Å². The average Bonchev–Trinajstić information content (AvgIpc) is 3.42. The molecule has 5 N–H and O–H groups in total. The lowest BCUT2D eigenvalue weighted by Crippen LogP contribution is -2.59. The van der Waals surface area contributed by atoms with Crippen LogP contribution in [-0.4, -0.2) is 12.2 Å². The van der Waals surface area contributed by atoms with Gasteiger partial charge in [0.05, 0.1) is 6.20 Å². The van der Waals surface area contributed by atoms with Crippen molar-refractivity contribution in [1.82, 2.24) is 5.32 Å². The third-order valence-electron chi connectivity index (χ3n) is 4.80. The minimum Gasteiger partial charge on any atom is -0.310 e. The number of H-pyrrole nitrogens is 1. The van der Waals surface area contributed by atoms with Crippen LogP contribution in [0.5, 0.6) is 0 Å². The fraction of sp³-hybridized carbons (Fsp3) is 0.300. The van der Waals surface area contributed by atoms with E-state index in [0.29, 0.717) is 12.2 Å². The van der Waals surface area contributed by atoms with Crippen molar-refractivity contribution in [2.24, 2.45) is 5.92 Å². The van der Waals surface area contributed by atoms with Gasteiger partial charge in [-0.2, -0.15) is 13.2 Å². The molecule has 1 aliphatic heterocycles. The summed E-state index contributed by atoms with van der Waals surface area (Å²) in [5.74, 6) is 5.45. The number of carbonyl (C=O) groups excluding carboxylic acids is 1. The van der Waals surface area contributed by atoms with Gasteiger partial charge in [-0.3, -0.25) is 5.73 Å². The van der Waals surface area contributed by atoms with Crippen LogP contribution in [0.15, 0.2) is 36.5 Å². The second kappa shape index (κ2) is 6.44. The summed E-state index contributed by atoms with van der Waals surface area (Å²) in [4.78, 5) is 14.9. The Morgan fingerprint density at radius 3 is 2.64 bits per heavy atom. The van der Waals surface area contributed by atoms with Gasteiger partial charge in [-0.1, -0.05) is 24.0 Å². The fourth-order valence-electron chi connectivity index (χ4n) is 3.23. The van der Waals surface area contributed by atoms with Gasteiger partial charge in [0.15, 0.2) is 0 Å². The van der Waals surface area contributed by atoms with Crippen molar-refractivity contribution in [3.63, 3.8) is 0 Å². The van der Waals surface area contributed by atoms with Gasteiger partial charge in [0.25, 0.3) is 5.82 Å². The van der Waals surface area contributed by atoms with Crippen LogP contribution >= 0.6 is 0 Å². The molecule has 5 nitrogen and oxygen atoms in total. The van der Waals surface area contributed by atoms with E-state index >= 15 is 0 Å². The highest BCUT2D eigenvalue weighted by Crippen LogP contribution is 2.44. The molecule has 2 aliphatic rings. The van der Waals surface area contributed by atoms with Gasteiger partial charge in [-0.05, 0) is 42.5 Å². The number of pyridine rings is 1. The number of carbonyl (C=O) groups is 1. The SMILES string of the molecule is Nc1cc(Cc2ccc3c(c2)NC(=O)N[C@]3(C#CC2CC2)C(F)(F)F)cc[nH+]1. The van der Waals surface area contributed by atoms with Gasteiger partial charge in [0, 0.05) is 23.2 Å². The monoisotopic (exact) mass is 387 g/mol. The first kappa shape index (κ1) is 18.2. The van der Waals surface area contributed by atoms with Gasteiger partial charge < -0.3 is 10.6 Å². The summed E-state index contributed by atoms with van der Waals surface area (Å²) >= 11 is 0. The zero-order valence-electron chi connectivity index (χ0n) is 14.8. The minimum absolute atomic E-state index is 0.0333. The van der Waals surface area contributed by atoms with Gasteiger partial charge >= 0.3 is 12.2 Å². The molecule has 28 heavy (non-hydrogen) atoms. The quantitative estimate of drug-likeness (QED) is 0.693. The average molecular weight is 387 g/mol. The molecule has 1 fully saturated rings. The van der Waals surface area contributed by atoms with Crippen LogP contribution in [0.25, 0.3) is 0 Å². The van der Waals surface area contributed by atoms with E-state index in [0.717, 1.165) is 24.0 Å². The van der Waals surface area contributed by atoms with Crippen LogP contribution in [-0.2, 0) is 12.0 Å². The number of fused-ring (bicyclic) bond motifs is 1. The molecule has 4 rings (SSSR count). The Kier molecular flexibility index (Phi) is 4.18. The van der Waals surface area contributed by atoms with E-state index in [1.165, 1.54) is 6.07 Å². The third-order valence-corrected chi connectivity index (χ3v) is 4.80. The number of amides is 2. The van der Waals surface area contributed by atoms with E-state index in [1.54, 1.807) is 24.4 Å². The van der Waals surface area contributed by atoms with E-state index < -0.39 is 17.7 Å². The van der Waals surface area contributed by atoms with Crippen LogP contribution in [0.1, 0.15) is 29.5 Å². The number of aromatic nitrogens is 1. The number of rotatable bonds is 2. The predicted octanol–water partition coefficient (Wildman–Crippen LogP) is 2.98. The maximum Gasteiger partial charge on any atom is 0.427 e. The van der Waals surface area contributed by atoms with Crippen LogP contribution in [0.3, 0.4) is 0 Å². The highest BCUT2D eigenvalue weighted by Gasteiger charge is 2.59. The number of nitrogens with one attached hydrogen (secondary N) is 3. The summed E-state index contributed by atoms with van der Waals surface area (Å²) in [6.07, 6.45) is -1.03. The van der Waals surface area contributed by atoms with E-state index in [2.05, 4.69) is 22.1 Å². The highest BCUT2D eigenvalue weighted by molar-refractivity contribution is 5.95. The van der Waals surface area contributed by atoms with Crippen molar-refractivity contribution in [3.8, 4) is 11.8 Å². The first-order valence-electron chi connectivity index (χ1n) is 8.85. The van der Waals surface area contributed by atoms with E-state index in [4.69, 9.17) is 5.73 Å². The molecule has 1 aromatic heterocycles. The summed E-state index contributed by atoms with van der Waals surface area (Å²) in [5.41, 5.74) is 4.67. The lowest BCUT2D eigenvalue weighted by Gasteiger charge is -2.37. The molecule has 1 atom stereocenters. The summed E-state index contributed by atoms with van der Waals surface area (Å²) in [7, 11) is 0. The molecular weight excluding hydrogens is 369 g/mol. The molecule has 1 saturated carbocycles. The molecule has 8 heteroatoms. The smallest absolute Gasteiger partial charge is 0.310 e. The Morgan fingerprint density at radius 2 is 1.96 bits per heavy atom. The molecule has 1 aromatic carbocycles. The van der Waals surface area contributed by atoms with Crippen LogP contribution < -0.4 is 21.4 Å². The first-order chi connectivity index (χ1) is 13.3. The molecule has 144 valence electrons. The molecule has 1 aliphatic carbocycles. The van der Waals surface area contributed by atoms with Crippen LogP contribution in [0.2, 0.25) is 0 Å². The Morgan fingerprint density at radius 1 is 1.21 bits per heavy atom. The molecule has 2 heterocycles. The summed E-state index contributed by atoms with van der Waals surface area (Å²) in [6.45, 7) is 0. The van der Waals surface area contributed by atoms with Crippen LogP contribution in [0, 0.1) is 17.8 Å². The van der Waals surface area contributed by atoms with Crippen LogP contribution in [0.4, 0.5) is 29.5 Å². The number of benzene rings is 1. The fourth-order valence-corrected chi connectivity index (χ4v) is 3.23. The molecular formula is C20H18F3N4O+. The standard InChI is InChI=1S/C20H17F3N4O/c21-20(22,23)19(7-5-12-1-2-12)15-4-3-13(10-16(15)26-18(28)27-19)9-14-6-8-25-17(24)11-14/h3-4,6,8,10-12H,1-2,9H2,(H2,24,25)(H2,26,27,28)/p+1/t19-/m0/s1. The first-order valence-corrected chi connectivity index (χ1v) is 8.85. The van der Waals surface area contributed by atoms with Gasteiger partial charge in [-0.25, -0.2) is 9.78 Å². The largest absolute Gasteiger partial charge is 0.427 e. The van der Waals surface area contributed by atoms with Crippen molar-refractivity contribution in [3.05, 3.63) is 53.2 Å². The third kappa shape index (κ3) is 3.36. The van der Waals surface area contributed by atoms with Gasteiger partial charge in [0.1, 0.15) is 0 Å². The molecule has 0 bridgehead atoms.